The molecule has 0 spiro atoms. The Morgan fingerprint density at radius 2 is 2.00 bits per heavy atom. The number of ether oxygens (including phenoxy) is 1. The maximum absolute atomic E-state index is 12.0. The number of benzene rings is 1. The third-order valence-electron chi connectivity index (χ3n) is 2.78. The van der Waals surface area contributed by atoms with Crippen LogP contribution in [0.25, 0.3) is 0 Å². The third-order valence-corrected chi connectivity index (χ3v) is 3.69. The van der Waals surface area contributed by atoms with E-state index in [4.69, 9.17) is 0 Å². The Kier molecular flexibility index (Phi) is 5.38. The van der Waals surface area contributed by atoms with E-state index in [-0.39, 0.29) is 12.3 Å². The summed E-state index contributed by atoms with van der Waals surface area (Å²) in [4.78, 5) is 5.29. The van der Waals surface area contributed by atoms with Gasteiger partial charge < -0.3 is 15.2 Å². The van der Waals surface area contributed by atoms with Gasteiger partial charge in [0.2, 0.25) is 0 Å². The zero-order valence-corrected chi connectivity index (χ0v) is 12.5. The highest BCUT2D eigenvalue weighted by atomic mass is 32.1. The standard InChI is InChI=1S/C14H15F3N2O2S/c1-9-6-19-13(22-9)8-18-7-12(20)10-2-4-11(5-3-10)21-14(15,16)17/h2-6,12,18,20H,7-8H2,1H3. The SMILES string of the molecule is Cc1cnc(CNCC(O)c2ccc(OC(F)(F)F)cc2)s1. The molecule has 0 bridgehead atoms. The van der Waals surface area contributed by atoms with Crippen molar-refractivity contribution in [2.24, 2.45) is 0 Å². The van der Waals surface area contributed by atoms with Crippen molar-refractivity contribution in [3.63, 3.8) is 0 Å². The van der Waals surface area contributed by atoms with Gasteiger partial charge in [-0.3, -0.25) is 0 Å². The van der Waals surface area contributed by atoms with E-state index in [1.807, 2.05) is 6.92 Å². The summed E-state index contributed by atoms with van der Waals surface area (Å²) in [5.74, 6) is -0.310. The van der Waals surface area contributed by atoms with Gasteiger partial charge in [-0.05, 0) is 24.6 Å². The maximum atomic E-state index is 12.0. The van der Waals surface area contributed by atoms with E-state index >= 15 is 0 Å². The molecule has 0 aliphatic carbocycles. The van der Waals surface area contributed by atoms with Crippen molar-refractivity contribution < 1.29 is 23.0 Å². The third kappa shape index (κ3) is 5.28. The number of nitrogens with zero attached hydrogens (tertiary/aromatic N) is 1. The van der Waals surface area contributed by atoms with Crippen molar-refractivity contribution >= 4 is 11.3 Å². The molecule has 0 saturated heterocycles. The van der Waals surface area contributed by atoms with Crippen molar-refractivity contribution in [3.8, 4) is 5.75 Å². The second kappa shape index (κ2) is 7.08. The minimum Gasteiger partial charge on any atom is -0.406 e. The minimum atomic E-state index is -4.71. The van der Waals surface area contributed by atoms with Crippen LogP contribution in [0.2, 0.25) is 0 Å². The van der Waals surface area contributed by atoms with Crippen LogP contribution >= 0.6 is 11.3 Å². The fourth-order valence-corrected chi connectivity index (χ4v) is 2.57. The van der Waals surface area contributed by atoms with Gasteiger partial charge >= 0.3 is 6.36 Å². The first-order chi connectivity index (χ1) is 10.3. The number of rotatable bonds is 6. The normalized spacial score (nSPS) is 13.1. The van der Waals surface area contributed by atoms with Crippen molar-refractivity contribution in [1.82, 2.24) is 10.3 Å². The molecule has 0 aliphatic heterocycles. The molecule has 1 atom stereocenters. The van der Waals surface area contributed by atoms with Gasteiger partial charge in [0.25, 0.3) is 0 Å². The van der Waals surface area contributed by atoms with E-state index in [1.54, 1.807) is 17.5 Å². The van der Waals surface area contributed by atoms with Crippen LogP contribution in [-0.2, 0) is 6.54 Å². The van der Waals surface area contributed by atoms with Crippen LogP contribution in [0.3, 0.4) is 0 Å². The fraction of sp³-hybridized carbons (Fsp3) is 0.357. The average Bonchev–Trinajstić information content (AvgIpc) is 2.83. The first-order valence-corrected chi connectivity index (χ1v) is 7.31. The molecule has 22 heavy (non-hydrogen) atoms. The van der Waals surface area contributed by atoms with Crippen molar-refractivity contribution in [2.75, 3.05) is 6.54 Å². The molecule has 0 fully saturated rings. The molecule has 4 nitrogen and oxygen atoms in total. The van der Waals surface area contributed by atoms with Gasteiger partial charge in [-0.15, -0.1) is 24.5 Å². The molecule has 1 aromatic heterocycles. The highest BCUT2D eigenvalue weighted by Gasteiger charge is 2.31. The molecule has 1 heterocycles. The number of nitrogens with one attached hydrogen (secondary N) is 1. The van der Waals surface area contributed by atoms with E-state index in [2.05, 4.69) is 15.0 Å². The Morgan fingerprint density at radius 1 is 1.32 bits per heavy atom. The molecule has 0 radical (unpaired) electrons. The lowest BCUT2D eigenvalue weighted by atomic mass is 10.1. The first kappa shape index (κ1) is 16.7. The van der Waals surface area contributed by atoms with Crippen LogP contribution in [0.4, 0.5) is 13.2 Å². The highest BCUT2D eigenvalue weighted by Crippen LogP contribution is 2.24. The van der Waals surface area contributed by atoms with E-state index in [9.17, 15) is 18.3 Å². The Morgan fingerprint density at radius 3 is 2.55 bits per heavy atom. The molecule has 8 heteroatoms. The molecule has 0 amide bonds. The van der Waals surface area contributed by atoms with Gasteiger partial charge in [-0.2, -0.15) is 0 Å². The number of aliphatic hydroxyl groups is 1. The lowest BCUT2D eigenvalue weighted by Crippen LogP contribution is -2.21. The fourth-order valence-electron chi connectivity index (χ4n) is 1.81. The predicted octanol–water partition coefficient (Wildman–Crippen LogP) is 3.17. The minimum absolute atomic E-state index is 0.276. The number of aliphatic hydroxyl groups excluding tert-OH is 1. The Bertz CT molecular complexity index is 599. The van der Waals surface area contributed by atoms with E-state index in [0.29, 0.717) is 12.1 Å². The van der Waals surface area contributed by atoms with Crippen LogP contribution in [0, 0.1) is 6.92 Å². The van der Waals surface area contributed by atoms with Crippen LogP contribution in [0.5, 0.6) is 5.75 Å². The predicted molar refractivity (Wildman–Crippen MR) is 76.6 cm³/mol. The molecule has 120 valence electrons. The number of hydrogen-bond acceptors (Lipinski definition) is 5. The second-order valence-electron chi connectivity index (χ2n) is 4.63. The molecule has 1 aromatic carbocycles. The lowest BCUT2D eigenvalue weighted by Gasteiger charge is -2.13. The summed E-state index contributed by atoms with van der Waals surface area (Å²) in [6, 6.07) is 5.16. The Labute approximate surface area is 129 Å². The van der Waals surface area contributed by atoms with E-state index < -0.39 is 12.5 Å². The van der Waals surface area contributed by atoms with E-state index in [0.717, 1.165) is 9.88 Å². The van der Waals surface area contributed by atoms with Gasteiger partial charge in [0.05, 0.1) is 6.10 Å². The molecule has 0 saturated carbocycles. The molecule has 2 aromatic rings. The number of halogens is 3. The van der Waals surface area contributed by atoms with E-state index in [1.165, 1.54) is 24.3 Å². The molecular weight excluding hydrogens is 317 g/mol. The van der Waals surface area contributed by atoms with Gasteiger partial charge in [0.15, 0.2) is 0 Å². The topological polar surface area (TPSA) is 54.4 Å². The molecule has 1 unspecified atom stereocenters. The number of hydrogen-bond donors (Lipinski definition) is 2. The smallest absolute Gasteiger partial charge is 0.406 e. The lowest BCUT2D eigenvalue weighted by molar-refractivity contribution is -0.274. The van der Waals surface area contributed by atoms with Crippen LogP contribution in [0.1, 0.15) is 21.6 Å². The number of alkyl halides is 3. The summed E-state index contributed by atoms with van der Waals surface area (Å²) in [6.45, 7) is 2.77. The van der Waals surface area contributed by atoms with Crippen molar-refractivity contribution in [1.29, 1.82) is 0 Å². The zero-order chi connectivity index (χ0) is 16.2. The van der Waals surface area contributed by atoms with Crippen LogP contribution in [-0.4, -0.2) is 23.0 Å². The zero-order valence-electron chi connectivity index (χ0n) is 11.7. The molecule has 0 aliphatic rings. The summed E-state index contributed by atoms with van der Waals surface area (Å²) in [5, 5.41) is 14.0. The van der Waals surface area contributed by atoms with Gasteiger partial charge in [-0.1, -0.05) is 12.1 Å². The summed E-state index contributed by atoms with van der Waals surface area (Å²) >= 11 is 1.56. The average molecular weight is 332 g/mol. The molecule has 2 rings (SSSR count). The Balaban J connectivity index is 1.83. The number of thiazole rings is 1. The monoisotopic (exact) mass is 332 g/mol. The van der Waals surface area contributed by atoms with Crippen molar-refractivity contribution in [3.05, 3.63) is 45.9 Å². The largest absolute Gasteiger partial charge is 0.573 e. The van der Waals surface area contributed by atoms with Crippen LogP contribution < -0.4 is 10.1 Å². The highest BCUT2D eigenvalue weighted by molar-refractivity contribution is 7.11. The molecular formula is C14H15F3N2O2S. The molecule has 2 N–H and O–H groups in total. The second-order valence-corrected chi connectivity index (χ2v) is 5.95. The summed E-state index contributed by atoms with van der Waals surface area (Å²) in [7, 11) is 0. The first-order valence-electron chi connectivity index (χ1n) is 6.49. The maximum Gasteiger partial charge on any atom is 0.573 e. The summed E-state index contributed by atoms with van der Waals surface area (Å²) < 4.78 is 39.9. The van der Waals surface area contributed by atoms with Gasteiger partial charge in [0, 0.05) is 24.2 Å². The summed E-state index contributed by atoms with van der Waals surface area (Å²) in [6.07, 6.45) is -3.76. The van der Waals surface area contributed by atoms with Gasteiger partial charge in [-0.25, -0.2) is 4.98 Å². The quantitative estimate of drug-likeness (QED) is 0.853. The number of aryl methyl sites for hydroxylation is 1. The number of aromatic nitrogens is 1. The van der Waals surface area contributed by atoms with Crippen molar-refractivity contribution in [2.45, 2.75) is 25.9 Å². The van der Waals surface area contributed by atoms with Crippen LogP contribution in [0.15, 0.2) is 30.5 Å². The van der Waals surface area contributed by atoms with Gasteiger partial charge in [0.1, 0.15) is 10.8 Å². The Hall–Kier alpha value is -1.64. The summed E-state index contributed by atoms with van der Waals surface area (Å²) in [5.41, 5.74) is 0.511.